The molecule has 23 heavy (non-hydrogen) atoms. The van der Waals surface area contributed by atoms with Crippen molar-refractivity contribution in [3.8, 4) is 0 Å². The minimum absolute atomic E-state index is 0.199. The molecule has 0 saturated carbocycles. The number of rotatable bonds is 4. The van der Waals surface area contributed by atoms with Crippen LogP contribution < -0.4 is 0 Å². The fraction of sp³-hybridized carbons (Fsp3) is 0.176. The van der Waals surface area contributed by atoms with Gasteiger partial charge in [0.2, 0.25) is 5.76 Å². The van der Waals surface area contributed by atoms with Crippen molar-refractivity contribution in [2.45, 2.75) is 6.54 Å². The second kappa shape index (κ2) is 6.91. The lowest BCUT2D eigenvalue weighted by Crippen LogP contribution is -2.25. The van der Waals surface area contributed by atoms with E-state index in [-0.39, 0.29) is 12.4 Å². The summed E-state index contributed by atoms with van der Waals surface area (Å²) in [6, 6.07) is 9.91. The zero-order chi connectivity index (χ0) is 17.0. The third-order valence-corrected chi connectivity index (χ3v) is 3.40. The number of aliphatic hydroxyl groups is 1. The number of carbonyl (C=O) groups is 2. The van der Waals surface area contributed by atoms with Gasteiger partial charge in [-0.05, 0) is 17.0 Å². The van der Waals surface area contributed by atoms with Gasteiger partial charge in [0.25, 0.3) is 5.91 Å². The number of hydrogen-bond acceptors (Lipinski definition) is 4. The predicted octanol–water partition coefficient (Wildman–Crippen LogP) is 2.55. The second-order valence-corrected chi connectivity index (χ2v) is 4.97. The van der Waals surface area contributed by atoms with Crippen molar-refractivity contribution in [1.29, 1.82) is 0 Å². The highest BCUT2D eigenvalue weighted by Crippen LogP contribution is 2.22. The van der Waals surface area contributed by atoms with Gasteiger partial charge in [0.05, 0.1) is 13.2 Å². The average molecular weight is 317 g/mol. The molecule has 0 heterocycles. The van der Waals surface area contributed by atoms with Crippen molar-refractivity contribution >= 4 is 22.6 Å². The molecule has 0 atom stereocenters. The number of halogens is 1. The van der Waals surface area contributed by atoms with Gasteiger partial charge in [-0.15, -0.1) is 0 Å². The van der Waals surface area contributed by atoms with Gasteiger partial charge in [-0.25, -0.2) is 9.18 Å². The lowest BCUT2D eigenvalue weighted by Gasteiger charge is -2.17. The van der Waals surface area contributed by atoms with Crippen LogP contribution in [0.2, 0.25) is 0 Å². The van der Waals surface area contributed by atoms with Crippen LogP contribution in [0.1, 0.15) is 5.56 Å². The smallest absolute Gasteiger partial charge is 0.373 e. The van der Waals surface area contributed by atoms with Crippen LogP contribution in [0, 0.1) is 5.82 Å². The molecule has 1 amide bonds. The molecule has 1 N–H and O–H groups in total. The van der Waals surface area contributed by atoms with Crippen molar-refractivity contribution in [2.24, 2.45) is 0 Å². The van der Waals surface area contributed by atoms with E-state index in [1.165, 1.54) is 18.0 Å². The molecular formula is C17H16FNO4. The molecule has 0 unspecified atom stereocenters. The summed E-state index contributed by atoms with van der Waals surface area (Å²) in [5, 5.41) is 10.6. The van der Waals surface area contributed by atoms with Gasteiger partial charge in [-0.2, -0.15) is 0 Å². The van der Waals surface area contributed by atoms with Crippen molar-refractivity contribution < 1.29 is 23.8 Å². The van der Waals surface area contributed by atoms with E-state index < -0.39 is 17.6 Å². The van der Waals surface area contributed by atoms with Crippen LogP contribution in [0.3, 0.4) is 0 Å². The summed E-state index contributed by atoms with van der Waals surface area (Å²) in [5.74, 6) is -2.66. The summed E-state index contributed by atoms with van der Waals surface area (Å²) >= 11 is 0. The Morgan fingerprint density at radius 3 is 2.52 bits per heavy atom. The van der Waals surface area contributed by atoms with E-state index in [0.29, 0.717) is 10.8 Å². The molecule has 120 valence electrons. The van der Waals surface area contributed by atoms with E-state index in [1.54, 1.807) is 30.3 Å². The first kappa shape index (κ1) is 16.5. The number of aliphatic hydroxyl groups excluding tert-OH is 1. The number of methoxy groups -OCH3 is 1. The van der Waals surface area contributed by atoms with Crippen LogP contribution in [0.25, 0.3) is 10.8 Å². The molecule has 2 aromatic carbocycles. The van der Waals surface area contributed by atoms with E-state index >= 15 is 0 Å². The van der Waals surface area contributed by atoms with Gasteiger partial charge in [0, 0.05) is 19.0 Å². The van der Waals surface area contributed by atoms with E-state index in [4.69, 9.17) is 0 Å². The minimum atomic E-state index is -0.987. The van der Waals surface area contributed by atoms with E-state index in [9.17, 15) is 19.1 Å². The molecular weight excluding hydrogens is 301 g/mol. The summed E-state index contributed by atoms with van der Waals surface area (Å²) in [6.07, 6.45) is 0.789. The zero-order valence-electron chi connectivity index (χ0n) is 12.7. The van der Waals surface area contributed by atoms with Crippen molar-refractivity contribution in [1.82, 2.24) is 4.90 Å². The number of fused-ring (bicyclic) bond motifs is 1. The molecule has 0 aliphatic rings. The van der Waals surface area contributed by atoms with E-state index in [0.717, 1.165) is 18.7 Å². The van der Waals surface area contributed by atoms with E-state index in [1.807, 2.05) is 0 Å². The first-order chi connectivity index (χ1) is 10.9. The summed E-state index contributed by atoms with van der Waals surface area (Å²) in [5.41, 5.74) is 0.754. The number of carbonyl (C=O) groups excluding carboxylic acids is 2. The second-order valence-electron chi connectivity index (χ2n) is 4.97. The molecule has 5 nitrogen and oxygen atoms in total. The highest BCUT2D eigenvalue weighted by atomic mass is 19.1. The summed E-state index contributed by atoms with van der Waals surface area (Å²) < 4.78 is 18.1. The molecule has 0 aliphatic heterocycles. The number of esters is 1. The van der Waals surface area contributed by atoms with Gasteiger partial charge in [0.15, 0.2) is 0 Å². The van der Waals surface area contributed by atoms with E-state index in [2.05, 4.69) is 4.74 Å². The van der Waals surface area contributed by atoms with Crippen LogP contribution in [0.4, 0.5) is 4.39 Å². The first-order valence-corrected chi connectivity index (χ1v) is 6.84. The maximum Gasteiger partial charge on any atom is 0.373 e. The minimum Gasteiger partial charge on any atom is -0.502 e. The van der Waals surface area contributed by atoms with Gasteiger partial charge in [-0.1, -0.05) is 30.3 Å². The molecule has 0 bridgehead atoms. The molecule has 0 saturated heterocycles. The van der Waals surface area contributed by atoms with Crippen LogP contribution >= 0.6 is 0 Å². The quantitative estimate of drug-likeness (QED) is 0.535. The molecule has 0 aromatic heterocycles. The number of ether oxygens (including phenoxy) is 1. The Balaban J connectivity index is 2.24. The van der Waals surface area contributed by atoms with Crippen LogP contribution in [0.5, 0.6) is 0 Å². The zero-order valence-corrected chi connectivity index (χ0v) is 12.7. The van der Waals surface area contributed by atoms with Crippen LogP contribution in [-0.2, 0) is 20.9 Å². The molecule has 0 radical (unpaired) electrons. The van der Waals surface area contributed by atoms with Gasteiger partial charge in [-0.3, -0.25) is 4.79 Å². The monoisotopic (exact) mass is 317 g/mol. The molecule has 6 heteroatoms. The third-order valence-electron chi connectivity index (χ3n) is 3.40. The summed E-state index contributed by atoms with van der Waals surface area (Å²) in [4.78, 5) is 24.4. The Kier molecular flexibility index (Phi) is 4.95. The molecule has 2 aromatic rings. The highest BCUT2D eigenvalue weighted by Gasteiger charge is 2.14. The number of amides is 1. The fourth-order valence-electron chi connectivity index (χ4n) is 2.19. The van der Waals surface area contributed by atoms with Crippen molar-refractivity contribution in [2.75, 3.05) is 14.2 Å². The highest BCUT2D eigenvalue weighted by molar-refractivity contribution is 5.96. The number of benzene rings is 2. The lowest BCUT2D eigenvalue weighted by atomic mass is 10.0. The van der Waals surface area contributed by atoms with Crippen LogP contribution in [-0.4, -0.2) is 36.0 Å². The average Bonchev–Trinajstić information content (AvgIpc) is 2.56. The Labute approximate surface area is 132 Å². The fourth-order valence-corrected chi connectivity index (χ4v) is 2.19. The normalized spacial score (nSPS) is 11.3. The van der Waals surface area contributed by atoms with Crippen molar-refractivity contribution in [3.05, 3.63) is 59.6 Å². The largest absolute Gasteiger partial charge is 0.502 e. The number of likely N-dealkylation sites (N-methyl/N-ethyl adjacent to an activating group) is 1. The maximum atomic E-state index is 13.8. The first-order valence-electron chi connectivity index (χ1n) is 6.84. The number of nitrogens with zero attached hydrogens (tertiary/aromatic N) is 1. The Bertz CT molecular complexity index is 785. The Morgan fingerprint density at radius 1 is 1.22 bits per heavy atom. The summed E-state index contributed by atoms with van der Waals surface area (Å²) in [6.45, 7) is 0.199. The van der Waals surface area contributed by atoms with Gasteiger partial charge < -0.3 is 14.7 Å². The Morgan fingerprint density at radius 2 is 1.87 bits per heavy atom. The molecule has 0 spiro atoms. The number of hydrogen-bond donors (Lipinski definition) is 1. The molecule has 0 fully saturated rings. The topological polar surface area (TPSA) is 66.8 Å². The third kappa shape index (κ3) is 3.66. The SMILES string of the molecule is COC(=O)/C(O)=C/C(=O)N(C)Cc1ccc(F)c2ccccc12. The standard InChI is InChI=1S/C17H16FNO4/c1-19(16(21)9-15(20)17(22)23-2)10-11-7-8-14(18)13-6-4-3-5-12(11)13/h3-9,20H,10H2,1-2H3/b15-9-. The molecule has 0 aliphatic carbocycles. The van der Waals surface area contributed by atoms with Crippen molar-refractivity contribution in [3.63, 3.8) is 0 Å². The van der Waals surface area contributed by atoms with Gasteiger partial charge >= 0.3 is 5.97 Å². The summed E-state index contributed by atoms with van der Waals surface area (Å²) in [7, 11) is 2.62. The maximum absolute atomic E-state index is 13.8. The van der Waals surface area contributed by atoms with Gasteiger partial charge in [0.1, 0.15) is 5.82 Å². The predicted molar refractivity (Wildman–Crippen MR) is 83.1 cm³/mol. The molecule has 2 rings (SSSR count). The Hall–Kier alpha value is -2.89. The van der Waals surface area contributed by atoms with Crippen LogP contribution in [0.15, 0.2) is 48.2 Å². The lowest BCUT2D eigenvalue weighted by molar-refractivity contribution is -0.139.